The summed E-state index contributed by atoms with van der Waals surface area (Å²) in [5.41, 5.74) is 5.13. The monoisotopic (exact) mass is 412 g/mol. The van der Waals surface area contributed by atoms with Gasteiger partial charge in [-0.1, -0.05) is 36.4 Å². The van der Waals surface area contributed by atoms with Crippen molar-refractivity contribution in [1.82, 2.24) is 9.88 Å². The quantitative estimate of drug-likeness (QED) is 0.515. The summed E-state index contributed by atoms with van der Waals surface area (Å²) in [6, 6.07) is 23.4. The summed E-state index contributed by atoms with van der Waals surface area (Å²) in [5.74, 6) is 1.46. The minimum absolute atomic E-state index is 0.0102. The molecule has 0 radical (unpaired) electrons. The van der Waals surface area contributed by atoms with Crippen LogP contribution in [0.4, 0.5) is 0 Å². The zero-order valence-electron chi connectivity index (χ0n) is 17.6. The number of fused-ring (bicyclic) bond motifs is 3. The van der Waals surface area contributed by atoms with Crippen molar-refractivity contribution >= 4 is 16.8 Å². The topological polar surface area (TPSA) is 54.6 Å². The van der Waals surface area contributed by atoms with Crippen molar-refractivity contribution in [3.05, 3.63) is 95.2 Å². The second-order valence-electron chi connectivity index (χ2n) is 7.72. The third-order valence-electron chi connectivity index (χ3n) is 6.04. The molecule has 4 aromatic rings. The number of hydrogen-bond acceptors (Lipinski definition) is 3. The number of carbonyl (C=O) groups is 1. The van der Waals surface area contributed by atoms with E-state index in [0.717, 1.165) is 28.9 Å². The highest BCUT2D eigenvalue weighted by molar-refractivity contribution is 5.96. The van der Waals surface area contributed by atoms with E-state index in [9.17, 15) is 4.79 Å². The first-order chi connectivity index (χ1) is 15.2. The van der Waals surface area contributed by atoms with Gasteiger partial charge in [0.05, 0.1) is 20.3 Å². The summed E-state index contributed by atoms with van der Waals surface area (Å²) in [7, 11) is 3.27. The molecule has 156 valence electrons. The molecule has 0 unspecified atom stereocenters. The lowest BCUT2D eigenvalue weighted by Gasteiger charge is -2.36. The fourth-order valence-corrected chi connectivity index (χ4v) is 4.51. The van der Waals surface area contributed by atoms with Gasteiger partial charge < -0.3 is 19.4 Å². The number of ether oxygens (including phenoxy) is 2. The number of carbonyl (C=O) groups excluding carboxylic acids is 1. The minimum atomic E-state index is -0.208. The largest absolute Gasteiger partial charge is 0.497 e. The van der Waals surface area contributed by atoms with Gasteiger partial charge >= 0.3 is 0 Å². The van der Waals surface area contributed by atoms with Gasteiger partial charge in [-0.25, -0.2) is 0 Å². The fourth-order valence-electron chi connectivity index (χ4n) is 4.51. The molecule has 1 N–H and O–H groups in total. The van der Waals surface area contributed by atoms with E-state index in [-0.39, 0.29) is 11.9 Å². The lowest BCUT2D eigenvalue weighted by molar-refractivity contribution is 0.0691. The maximum atomic E-state index is 13.6. The van der Waals surface area contributed by atoms with Crippen LogP contribution < -0.4 is 9.47 Å². The van der Waals surface area contributed by atoms with Crippen molar-refractivity contribution in [3.63, 3.8) is 0 Å². The van der Waals surface area contributed by atoms with Crippen molar-refractivity contribution in [1.29, 1.82) is 0 Å². The predicted octanol–water partition coefficient (Wildman–Crippen LogP) is 4.97. The SMILES string of the molecule is COc1ccc([C@H]2c3[nH]c4ccccc4c3CCN2C(=O)c2cccc(OC)c2)cc1. The van der Waals surface area contributed by atoms with Crippen LogP contribution in [-0.4, -0.2) is 36.6 Å². The van der Waals surface area contributed by atoms with E-state index >= 15 is 0 Å². The lowest BCUT2D eigenvalue weighted by atomic mass is 9.91. The molecule has 1 aromatic heterocycles. The first kappa shape index (κ1) is 19.2. The number of aromatic amines is 1. The van der Waals surface area contributed by atoms with Crippen LogP contribution in [0.2, 0.25) is 0 Å². The lowest BCUT2D eigenvalue weighted by Crippen LogP contribution is -2.40. The number of rotatable bonds is 4. The molecule has 0 aliphatic carbocycles. The van der Waals surface area contributed by atoms with E-state index in [2.05, 4.69) is 23.2 Å². The van der Waals surface area contributed by atoms with E-state index in [4.69, 9.17) is 9.47 Å². The van der Waals surface area contributed by atoms with E-state index in [1.165, 1.54) is 10.9 Å². The molecule has 31 heavy (non-hydrogen) atoms. The summed E-state index contributed by atoms with van der Waals surface area (Å²) in [4.78, 5) is 19.2. The van der Waals surface area contributed by atoms with Crippen LogP contribution in [0.25, 0.3) is 10.9 Å². The molecule has 5 nitrogen and oxygen atoms in total. The number of nitrogens with zero attached hydrogens (tertiary/aromatic N) is 1. The van der Waals surface area contributed by atoms with Crippen LogP contribution in [0, 0.1) is 0 Å². The van der Waals surface area contributed by atoms with Crippen LogP contribution in [0.15, 0.2) is 72.8 Å². The summed E-state index contributed by atoms with van der Waals surface area (Å²) in [6.45, 7) is 0.640. The van der Waals surface area contributed by atoms with Gasteiger partial charge in [0, 0.05) is 28.7 Å². The molecule has 2 heterocycles. The minimum Gasteiger partial charge on any atom is -0.497 e. The molecule has 0 saturated carbocycles. The molecule has 0 fully saturated rings. The van der Waals surface area contributed by atoms with Gasteiger partial charge in [0.25, 0.3) is 5.91 Å². The molecule has 0 spiro atoms. The third kappa shape index (κ3) is 3.32. The van der Waals surface area contributed by atoms with Crippen molar-refractivity contribution in [2.24, 2.45) is 0 Å². The fraction of sp³-hybridized carbons (Fsp3) is 0.192. The Balaban J connectivity index is 1.63. The Morgan fingerprint density at radius 2 is 1.71 bits per heavy atom. The van der Waals surface area contributed by atoms with Gasteiger partial charge in [-0.2, -0.15) is 0 Å². The number of hydrogen-bond donors (Lipinski definition) is 1. The molecule has 1 aliphatic rings. The number of methoxy groups -OCH3 is 2. The average Bonchev–Trinajstić information content (AvgIpc) is 3.22. The maximum absolute atomic E-state index is 13.6. The van der Waals surface area contributed by atoms with Gasteiger partial charge in [-0.15, -0.1) is 0 Å². The second-order valence-corrected chi connectivity index (χ2v) is 7.72. The molecule has 5 heteroatoms. The normalized spacial score (nSPS) is 15.5. The number of nitrogens with one attached hydrogen (secondary N) is 1. The van der Waals surface area contributed by atoms with Crippen LogP contribution in [0.5, 0.6) is 11.5 Å². The number of aromatic nitrogens is 1. The molecule has 1 amide bonds. The zero-order valence-corrected chi connectivity index (χ0v) is 17.6. The van der Waals surface area contributed by atoms with Crippen molar-refractivity contribution in [2.45, 2.75) is 12.5 Å². The average molecular weight is 412 g/mol. The van der Waals surface area contributed by atoms with Crippen LogP contribution >= 0.6 is 0 Å². The van der Waals surface area contributed by atoms with Gasteiger partial charge in [-0.3, -0.25) is 4.79 Å². The number of benzene rings is 3. The molecular weight excluding hydrogens is 388 g/mol. The Morgan fingerprint density at radius 3 is 2.48 bits per heavy atom. The zero-order chi connectivity index (χ0) is 21.4. The van der Waals surface area contributed by atoms with E-state index < -0.39 is 0 Å². The van der Waals surface area contributed by atoms with E-state index in [1.807, 2.05) is 53.4 Å². The van der Waals surface area contributed by atoms with Gasteiger partial charge in [0.2, 0.25) is 0 Å². The number of para-hydroxylation sites is 1. The smallest absolute Gasteiger partial charge is 0.254 e. The third-order valence-corrected chi connectivity index (χ3v) is 6.04. The summed E-state index contributed by atoms with van der Waals surface area (Å²) in [5, 5.41) is 1.23. The highest BCUT2D eigenvalue weighted by Gasteiger charge is 2.35. The van der Waals surface area contributed by atoms with E-state index in [0.29, 0.717) is 17.9 Å². The van der Waals surface area contributed by atoms with Crippen LogP contribution in [0.3, 0.4) is 0 Å². The Bertz CT molecular complexity index is 1240. The molecule has 0 saturated heterocycles. The molecule has 1 aliphatic heterocycles. The summed E-state index contributed by atoms with van der Waals surface area (Å²) < 4.78 is 10.7. The second kappa shape index (κ2) is 7.84. The number of amides is 1. The highest BCUT2D eigenvalue weighted by Crippen LogP contribution is 2.39. The van der Waals surface area contributed by atoms with Gasteiger partial charge in [-0.05, 0) is 53.9 Å². The standard InChI is InChI=1S/C26H24N2O3/c1-30-19-12-10-17(11-13-19)25-24-22(21-8-3-4-9-23(21)27-24)14-15-28(25)26(29)18-6-5-7-20(16-18)31-2/h3-13,16,25,27H,14-15H2,1-2H3/t25-/m0/s1. The van der Waals surface area contributed by atoms with Crippen LogP contribution in [0.1, 0.15) is 33.2 Å². The number of H-pyrrole nitrogens is 1. The molecule has 3 aromatic carbocycles. The molecule has 1 atom stereocenters. The van der Waals surface area contributed by atoms with Gasteiger partial charge in [0.1, 0.15) is 11.5 Å². The molecular formula is C26H24N2O3. The van der Waals surface area contributed by atoms with Crippen molar-refractivity contribution < 1.29 is 14.3 Å². The maximum Gasteiger partial charge on any atom is 0.254 e. The summed E-state index contributed by atoms with van der Waals surface area (Å²) >= 11 is 0. The van der Waals surface area contributed by atoms with Crippen molar-refractivity contribution in [3.8, 4) is 11.5 Å². The first-order valence-electron chi connectivity index (χ1n) is 10.4. The molecule has 0 bridgehead atoms. The van der Waals surface area contributed by atoms with Crippen molar-refractivity contribution in [2.75, 3.05) is 20.8 Å². The van der Waals surface area contributed by atoms with Crippen LogP contribution in [-0.2, 0) is 6.42 Å². The highest BCUT2D eigenvalue weighted by atomic mass is 16.5. The predicted molar refractivity (Wildman–Crippen MR) is 121 cm³/mol. The van der Waals surface area contributed by atoms with E-state index in [1.54, 1.807) is 20.3 Å². The Morgan fingerprint density at radius 1 is 0.935 bits per heavy atom. The molecule has 5 rings (SSSR count). The Kier molecular flexibility index (Phi) is 4.86. The Hall–Kier alpha value is -3.73. The first-order valence-corrected chi connectivity index (χ1v) is 10.4. The summed E-state index contributed by atoms with van der Waals surface area (Å²) in [6.07, 6.45) is 0.807. The Labute approximate surface area is 181 Å². The van der Waals surface area contributed by atoms with Gasteiger partial charge in [0.15, 0.2) is 0 Å².